The van der Waals surface area contributed by atoms with E-state index in [0.717, 1.165) is 0 Å². The van der Waals surface area contributed by atoms with E-state index in [1.54, 1.807) is 0 Å². The van der Waals surface area contributed by atoms with Crippen molar-refractivity contribution in [2.75, 3.05) is 25.2 Å². The number of amides is 2. The van der Waals surface area contributed by atoms with Gasteiger partial charge in [-0.25, -0.2) is 0 Å². The molecule has 7 heteroatoms. The Morgan fingerprint density at radius 1 is 1.33 bits per heavy atom. The molecule has 0 radical (unpaired) electrons. The van der Waals surface area contributed by atoms with E-state index in [9.17, 15) is 14.4 Å². The maximum atomic E-state index is 11.9. The molecular weight excluding hydrogens is 256 g/mol. The molecule has 2 N–H and O–H groups in total. The van der Waals surface area contributed by atoms with Crippen molar-refractivity contribution in [3.8, 4) is 0 Å². The molecule has 0 spiro atoms. The van der Waals surface area contributed by atoms with Gasteiger partial charge in [0.25, 0.3) is 0 Å². The van der Waals surface area contributed by atoms with Gasteiger partial charge >= 0.3 is 5.97 Å². The Balaban J connectivity index is 4.14. The van der Waals surface area contributed by atoms with Gasteiger partial charge in [0.15, 0.2) is 0 Å². The SMILES string of the molecule is COC(=O)CN(C(=O)CCSCC(N)=O)C(C)C. The van der Waals surface area contributed by atoms with Gasteiger partial charge < -0.3 is 15.4 Å². The molecule has 2 amide bonds. The summed E-state index contributed by atoms with van der Waals surface area (Å²) in [5.74, 6) is -0.269. The molecule has 0 aliphatic heterocycles. The number of hydrogen-bond donors (Lipinski definition) is 1. The summed E-state index contributed by atoms with van der Waals surface area (Å²) >= 11 is 1.31. The summed E-state index contributed by atoms with van der Waals surface area (Å²) in [4.78, 5) is 35.0. The van der Waals surface area contributed by atoms with Crippen LogP contribution in [0.2, 0.25) is 0 Å². The van der Waals surface area contributed by atoms with Crippen LogP contribution in [0.25, 0.3) is 0 Å². The largest absolute Gasteiger partial charge is 0.468 e. The molecule has 0 saturated heterocycles. The lowest BCUT2D eigenvalue weighted by atomic mass is 10.3. The third kappa shape index (κ3) is 7.16. The highest BCUT2D eigenvalue weighted by Crippen LogP contribution is 2.07. The number of carbonyl (C=O) groups is 3. The van der Waals surface area contributed by atoms with Crippen LogP contribution >= 0.6 is 11.8 Å². The topological polar surface area (TPSA) is 89.7 Å². The first-order chi connectivity index (χ1) is 8.38. The predicted octanol–water partition coefficient (Wildman–Crippen LogP) is 0.00500. The van der Waals surface area contributed by atoms with E-state index in [-0.39, 0.29) is 30.7 Å². The molecule has 104 valence electrons. The van der Waals surface area contributed by atoms with Gasteiger partial charge in [0.2, 0.25) is 11.8 Å². The Labute approximate surface area is 111 Å². The molecule has 0 fully saturated rings. The van der Waals surface area contributed by atoms with Crippen molar-refractivity contribution in [3.05, 3.63) is 0 Å². The number of thioether (sulfide) groups is 1. The molecule has 0 aliphatic rings. The number of ether oxygens (including phenoxy) is 1. The first-order valence-electron chi connectivity index (χ1n) is 5.60. The van der Waals surface area contributed by atoms with Crippen molar-refractivity contribution in [2.45, 2.75) is 26.3 Å². The van der Waals surface area contributed by atoms with Crippen LogP contribution in [0.4, 0.5) is 0 Å². The van der Waals surface area contributed by atoms with Crippen molar-refractivity contribution in [1.29, 1.82) is 0 Å². The summed E-state index contributed by atoms with van der Waals surface area (Å²) in [5, 5.41) is 0. The number of methoxy groups -OCH3 is 1. The minimum atomic E-state index is -0.443. The molecule has 0 aromatic carbocycles. The lowest BCUT2D eigenvalue weighted by Gasteiger charge is -2.25. The average molecular weight is 276 g/mol. The van der Waals surface area contributed by atoms with Gasteiger partial charge in [-0.05, 0) is 13.8 Å². The normalized spacial score (nSPS) is 10.2. The maximum absolute atomic E-state index is 11.9. The minimum Gasteiger partial charge on any atom is -0.468 e. The van der Waals surface area contributed by atoms with Crippen LogP contribution in [-0.2, 0) is 19.1 Å². The van der Waals surface area contributed by atoms with E-state index in [0.29, 0.717) is 5.75 Å². The molecule has 18 heavy (non-hydrogen) atoms. The number of primary amides is 1. The monoisotopic (exact) mass is 276 g/mol. The second-order valence-electron chi connectivity index (χ2n) is 3.96. The molecule has 6 nitrogen and oxygen atoms in total. The molecule has 0 rings (SSSR count). The molecule has 0 heterocycles. The van der Waals surface area contributed by atoms with Gasteiger partial charge in [0.05, 0.1) is 12.9 Å². The summed E-state index contributed by atoms with van der Waals surface area (Å²) in [7, 11) is 1.29. The van der Waals surface area contributed by atoms with E-state index in [4.69, 9.17) is 5.73 Å². The molecule has 0 bridgehead atoms. The van der Waals surface area contributed by atoms with Crippen LogP contribution in [0.1, 0.15) is 20.3 Å². The van der Waals surface area contributed by atoms with E-state index in [2.05, 4.69) is 4.74 Å². The van der Waals surface area contributed by atoms with E-state index >= 15 is 0 Å². The number of hydrogen-bond acceptors (Lipinski definition) is 5. The van der Waals surface area contributed by atoms with Crippen molar-refractivity contribution in [2.24, 2.45) is 5.73 Å². The fraction of sp³-hybridized carbons (Fsp3) is 0.727. The second kappa shape index (κ2) is 8.79. The second-order valence-corrected chi connectivity index (χ2v) is 5.07. The van der Waals surface area contributed by atoms with E-state index in [1.807, 2.05) is 13.8 Å². The Morgan fingerprint density at radius 3 is 2.39 bits per heavy atom. The number of carbonyl (C=O) groups excluding carboxylic acids is 3. The minimum absolute atomic E-state index is 0.0481. The van der Waals surface area contributed by atoms with Crippen LogP contribution in [0, 0.1) is 0 Å². The Bertz CT molecular complexity index is 307. The molecule has 0 atom stereocenters. The van der Waals surface area contributed by atoms with Crippen molar-refractivity contribution < 1.29 is 19.1 Å². The van der Waals surface area contributed by atoms with Crippen molar-refractivity contribution in [3.63, 3.8) is 0 Å². The summed E-state index contributed by atoms with van der Waals surface area (Å²) < 4.78 is 4.54. The van der Waals surface area contributed by atoms with Gasteiger partial charge in [-0.2, -0.15) is 11.8 Å². The number of esters is 1. The van der Waals surface area contributed by atoms with Gasteiger partial charge in [-0.3, -0.25) is 14.4 Å². The summed E-state index contributed by atoms with van der Waals surface area (Å²) in [6.07, 6.45) is 0.271. The van der Waals surface area contributed by atoms with Crippen LogP contribution in [-0.4, -0.2) is 53.9 Å². The Kier molecular flexibility index (Phi) is 8.19. The molecule has 0 aromatic rings. The Morgan fingerprint density at radius 2 is 1.94 bits per heavy atom. The zero-order chi connectivity index (χ0) is 14.1. The third-order valence-electron chi connectivity index (χ3n) is 2.18. The van der Waals surface area contributed by atoms with Gasteiger partial charge in [-0.1, -0.05) is 0 Å². The van der Waals surface area contributed by atoms with Crippen LogP contribution in [0.3, 0.4) is 0 Å². The summed E-state index contributed by atoms with van der Waals surface area (Å²) in [6, 6.07) is -0.0715. The molecule has 0 aliphatic carbocycles. The highest BCUT2D eigenvalue weighted by atomic mass is 32.2. The number of rotatable bonds is 8. The predicted molar refractivity (Wildman–Crippen MR) is 70.0 cm³/mol. The molecule has 0 aromatic heterocycles. The van der Waals surface area contributed by atoms with E-state index in [1.165, 1.54) is 23.8 Å². The number of nitrogens with zero attached hydrogens (tertiary/aromatic N) is 1. The summed E-state index contributed by atoms with van der Waals surface area (Å²) in [5.41, 5.74) is 4.98. The average Bonchev–Trinajstić information content (AvgIpc) is 2.30. The van der Waals surface area contributed by atoms with Crippen molar-refractivity contribution in [1.82, 2.24) is 4.90 Å². The number of nitrogens with two attached hydrogens (primary N) is 1. The quantitative estimate of drug-likeness (QED) is 0.498. The molecular formula is C11H20N2O4S. The highest BCUT2D eigenvalue weighted by molar-refractivity contribution is 7.99. The van der Waals surface area contributed by atoms with Crippen LogP contribution in [0.15, 0.2) is 0 Å². The first kappa shape index (κ1) is 16.8. The fourth-order valence-corrected chi connectivity index (χ4v) is 1.90. The van der Waals surface area contributed by atoms with Gasteiger partial charge in [-0.15, -0.1) is 0 Å². The third-order valence-corrected chi connectivity index (χ3v) is 3.16. The van der Waals surface area contributed by atoms with E-state index < -0.39 is 11.9 Å². The fourth-order valence-electron chi connectivity index (χ4n) is 1.24. The van der Waals surface area contributed by atoms with Gasteiger partial charge in [0.1, 0.15) is 6.54 Å². The zero-order valence-electron chi connectivity index (χ0n) is 11.0. The van der Waals surface area contributed by atoms with Crippen molar-refractivity contribution >= 4 is 29.5 Å². The lowest BCUT2D eigenvalue weighted by molar-refractivity contribution is -0.148. The Hall–Kier alpha value is -1.24. The standard InChI is InChI=1S/C11H20N2O4S/c1-8(2)13(6-11(16)17-3)10(15)4-5-18-7-9(12)14/h8H,4-7H2,1-3H3,(H2,12,14). The zero-order valence-corrected chi connectivity index (χ0v) is 11.8. The first-order valence-corrected chi connectivity index (χ1v) is 6.76. The van der Waals surface area contributed by atoms with Crippen LogP contribution in [0.5, 0.6) is 0 Å². The smallest absolute Gasteiger partial charge is 0.325 e. The lowest BCUT2D eigenvalue weighted by Crippen LogP contribution is -2.41. The maximum Gasteiger partial charge on any atom is 0.325 e. The molecule has 0 unspecified atom stereocenters. The highest BCUT2D eigenvalue weighted by Gasteiger charge is 2.19. The molecule has 0 saturated carbocycles. The summed E-state index contributed by atoms with van der Waals surface area (Å²) in [6.45, 7) is 3.61. The van der Waals surface area contributed by atoms with Crippen LogP contribution < -0.4 is 5.73 Å². The van der Waals surface area contributed by atoms with Gasteiger partial charge in [0, 0.05) is 18.2 Å².